The van der Waals surface area contributed by atoms with Crippen molar-refractivity contribution in [1.29, 1.82) is 0 Å². The molecule has 0 radical (unpaired) electrons. The van der Waals surface area contributed by atoms with E-state index in [-0.39, 0.29) is 11.6 Å². The number of fused-ring (bicyclic) bond motifs is 1. The maximum Gasteiger partial charge on any atom is 0.226 e. The Hall–Kier alpha value is -2.60. The van der Waals surface area contributed by atoms with E-state index in [1.165, 1.54) is 18.2 Å². The number of hydrogen-bond donors (Lipinski definition) is 1. The van der Waals surface area contributed by atoms with Gasteiger partial charge in [-0.05, 0) is 25.1 Å². The molecule has 0 amide bonds. The highest BCUT2D eigenvalue weighted by Crippen LogP contribution is 2.32. The van der Waals surface area contributed by atoms with Crippen molar-refractivity contribution in [2.24, 2.45) is 0 Å². The van der Waals surface area contributed by atoms with Gasteiger partial charge in [-0.25, -0.2) is 18.7 Å². The minimum atomic E-state index is -0.622. The number of anilines is 1. The van der Waals surface area contributed by atoms with Crippen molar-refractivity contribution in [2.45, 2.75) is 13.0 Å². The fraction of sp³-hybridized carbons (Fsp3) is 0.263. The summed E-state index contributed by atoms with van der Waals surface area (Å²) in [5, 5.41) is 3.96. The van der Waals surface area contributed by atoms with E-state index >= 15 is 0 Å². The number of piperazine rings is 1. The van der Waals surface area contributed by atoms with Crippen LogP contribution in [0.25, 0.3) is 22.2 Å². The second kappa shape index (κ2) is 6.37. The minimum Gasteiger partial charge on any atom is -0.336 e. The first-order valence-corrected chi connectivity index (χ1v) is 8.33. The molecule has 0 saturated carbocycles. The van der Waals surface area contributed by atoms with Gasteiger partial charge >= 0.3 is 0 Å². The Balaban J connectivity index is 1.96. The topological polar surface area (TPSA) is 41.0 Å². The van der Waals surface area contributed by atoms with Crippen molar-refractivity contribution in [3.8, 4) is 11.3 Å². The Morgan fingerprint density at radius 1 is 1.04 bits per heavy atom. The van der Waals surface area contributed by atoms with Crippen LogP contribution in [-0.2, 0) is 0 Å². The summed E-state index contributed by atoms with van der Waals surface area (Å²) in [6, 6.07) is 11.4. The van der Waals surface area contributed by atoms with Gasteiger partial charge in [0.2, 0.25) is 5.95 Å². The predicted octanol–water partition coefficient (Wildman–Crippen LogP) is 3.37. The number of para-hydroxylation sites is 1. The van der Waals surface area contributed by atoms with Gasteiger partial charge in [0.25, 0.3) is 0 Å². The van der Waals surface area contributed by atoms with Crippen LogP contribution in [0.1, 0.15) is 6.92 Å². The minimum absolute atomic E-state index is 0.106. The number of nitrogens with one attached hydrogen (secondary N) is 1. The van der Waals surface area contributed by atoms with Gasteiger partial charge in [0.1, 0.15) is 11.6 Å². The molecule has 1 aliphatic rings. The summed E-state index contributed by atoms with van der Waals surface area (Å²) in [6.07, 6.45) is 0. The normalized spacial score (nSPS) is 17.9. The quantitative estimate of drug-likeness (QED) is 0.777. The first-order valence-electron chi connectivity index (χ1n) is 8.33. The van der Waals surface area contributed by atoms with Crippen LogP contribution in [0, 0.1) is 11.6 Å². The molecule has 1 saturated heterocycles. The molecular formula is C19H18F2N4. The molecule has 1 N–H and O–H groups in total. The molecule has 25 heavy (non-hydrogen) atoms. The molecule has 2 heterocycles. The van der Waals surface area contributed by atoms with E-state index in [2.05, 4.69) is 27.1 Å². The second-order valence-electron chi connectivity index (χ2n) is 6.23. The van der Waals surface area contributed by atoms with E-state index in [1.807, 2.05) is 18.2 Å². The van der Waals surface area contributed by atoms with E-state index in [0.29, 0.717) is 22.5 Å². The van der Waals surface area contributed by atoms with E-state index in [9.17, 15) is 8.78 Å². The van der Waals surface area contributed by atoms with Gasteiger partial charge < -0.3 is 10.2 Å². The third kappa shape index (κ3) is 2.82. The molecule has 1 atom stereocenters. The molecule has 128 valence electrons. The van der Waals surface area contributed by atoms with Gasteiger partial charge in [-0.1, -0.05) is 24.3 Å². The average Bonchev–Trinajstić information content (AvgIpc) is 2.62. The van der Waals surface area contributed by atoms with Gasteiger partial charge in [-0.3, -0.25) is 0 Å². The Bertz CT molecular complexity index is 908. The highest BCUT2D eigenvalue weighted by atomic mass is 19.1. The lowest BCUT2D eigenvalue weighted by molar-refractivity contribution is 0.493. The zero-order valence-electron chi connectivity index (χ0n) is 13.8. The molecule has 6 heteroatoms. The van der Waals surface area contributed by atoms with Crippen LogP contribution in [0.3, 0.4) is 0 Å². The summed E-state index contributed by atoms with van der Waals surface area (Å²) in [4.78, 5) is 11.3. The molecule has 0 unspecified atom stereocenters. The summed E-state index contributed by atoms with van der Waals surface area (Å²) in [7, 11) is 0. The molecule has 0 bridgehead atoms. The van der Waals surface area contributed by atoms with Crippen LogP contribution in [0.5, 0.6) is 0 Å². The molecular weight excluding hydrogens is 322 g/mol. The summed E-state index contributed by atoms with van der Waals surface area (Å²) in [5.74, 6) is -0.739. The van der Waals surface area contributed by atoms with Gasteiger partial charge in [0, 0.05) is 31.1 Å². The lowest BCUT2D eigenvalue weighted by Gasteiger charge is -2.34. The first kappa shape index (κ1) is 15.9. The number of benzene rings is 2. The van der Waals surface area contributed by atoms with E-state index in [4.69, 9.17) is 0 Å². The van der Waals surface area contributed by atoms with Crippen molar-refractivity contribution in [3.05, 3.63) is 54.1 Å². The maximum absolute atomic E-state index is 14.4. The van der Waals surface area contributed by atoms with Crippen LogP contribution in [0.15, 0.2) is 42.5 Å². The van der Waals surface area contributed by atoms with Gasteiger partial charge in [-0.2, -0.15) is 0 Å². The molecule has 4 nitrogen and oxygen atoms in total. The summed E-state index contributed by atoms with van der Waals surface area (Å²) >= 11 is 0. The first-order chi connectivity index (χ1) is 12.1. The predicted molar refractivity (Wildman–Crippen MR) is 94.6 cm³/mol. The van der Waals surface area contributed by atoms with Crippen molar-refractivity contribution in [1.82, 2.24) is 15.3 Å². The fourth-order valence-corrected chi connectivity index (χ4v) is 3.25. The van der Waals surface area contributed by atoms with Crippen LogP contribution in [0.2, 0.25) is 0 Å². The number of nitrogens with zero attached hydrogens (tertiary/aromatic N) is 3. The molecule has 1 aliphatic heterocycles. The molecule has 2 aromatic carbocycles. The Kier molecular flexibility index (Phi) is 4.05. The molecule has 1 fully saturated rings. The zero-order chi connectivity index (χ0) is 17.4. The van der Waals surface area contributed by atoms with E-state index in [1.54, 1.807) is 6.07 Å². The van der Waals surface area contributed by atoms with Crippen molar-refractivity contribution in [2.75, 3.05) is 24.5 Å². The van der Waals surface area contributed by atoms with Crippen LogP contribution in [-0.4, -0.2) is 35.6 Å². The molecule has 3 aromatic rings. The second-order valence-corrected chi connectivity index (χ2v) is 6.23. The zero-order valence-corrected chi connectivity index (χ0v) is 13.8. The van der Waals surface area contributed by atoms with Gasteiger partial charge in [0.15, 0.2) is 0 Å². The lowest BCUT2D eigenvalue weighted by Crippen LogP contribution is -2.50. The monoisotopic (exact) mass is 340 g/mol. The highest BCUT2D eigenvalue weighted by Gasteiger charge is 2.23. The Morgan fingerprint density at radius 2 is 1.80 bits per heavy atom. The molecule has 0 spiro atoms. The SMILES string of the molecule is C[C@@H]1CNCCN1c1nc(-c2c(F)cccc2F)c2ccccc2n1. The molecule has 1 aromatic heterocycles. The maximum atomic E-state index is 14.4. The number of aromatic nitrogens is 2. The van der Waals surface area contributed by atoms with Crippen molar-refractivity contribution >= 4 is 16.9 Å². The summed E-state index contributed by atoms with van der Waals surface area (Å²) < 4.78 is 28.8. The van der Waals surface area contributed by atoms with E-state index in [0.717, 1.165) is 19.6 Å². The van der Waals surface area contributed by atoms with Crippen molar-refractivity contribution in [3.63, 3.8) is 0 Å². The number of halogens is 2. The van der Waals surface area contributed by atoms with Gasteiger partial charge in [0.05, 0.1) is 16.8 Å². The average molecular weight is 340 g/mol. The van der Waals surface area contributed by atoms with Gasteiger partial charge in [-0.15, -0.1) is 0 Å². The molecule has 0 aliphatic carbocycles. The number of rotatable bonds is 2. The number of hydrogen-bond acceptors (Lipinski definition) is 4. The summed E-state index contributed by atoms with van der Waals surface area (Å²) in [5.41, 5.74) is 0.864. The fourth-order valence-electron chi connectivity index (χ4n) is 3.25. The van der Waals surface area contributed by atoms with Crippen molar-refractivity contribution < 1.29 is 8.78 Å². The largest absolute Gasteiger partial charge is 0.336 e. The Morgan fingerprint density at radius 3 is 2.56 bits per heavy atom. The van der Waals surface area contributed by atoms with E-state index < -0.39 is 11.6 Å². The highest BCUT2D eigenvalue weighted by molar-refractivity contribution is 5.93. The molecule has 4 rings (SSSR count). The smallest absolute Gasteiger partial charge is 0.226 e. The third-order valence-electron chi connectivity index (χ3n) is 4.55. The van der Waals surface area contributed by atoms with Crippen LogP contribution in [0.4, 0.5) is 14.7 Å². The lowest BCUT2D eigenvalue weighted by atomic mass is 10.1. The Labute approximate surface area is 144 Å². The van der Waals surface area contributed by atoms with Crippen LogP contribution < -0.4 is 10.2 Å². The standard InChI is InChI=1S/C19H18F2N4/c1-12-11-22-9-10-25(12)19-23-16-8-3-2-5-13(16)18(24-19)17-14(20)6-4-7-15(17)21/h2-8,12,22H,9-11H2,1H3/t12-/m1/s1. The summed E-state index contributed by atoms with van der Waals surface area (Å²) in [6.45, 7) is 4.47. The third-order valence-corrected chi connectivity index (χ3v) is 4.55. The van der Waals surface area contributed by atoms with Crippen LogP contribution >= 0.6 is 0 Å².